The van der Waals surface area contributed by atoms with Crippen LogP contribution in [0.25, 0.3) is 5.76 Å². The average Bonchev–Trinajstić information content (AvgIpc) is 2.93. The molecule has 5 nitrogen and oxygen atoms in total. The van der Waals surface area contributed by atoms with Gasteiger partial charge in [-0.2, -0.15) is 0 Å². The number of unbranched alkanes of at least 4 members (excludes halogenated alkanes) is 1. The number of piperidine rings is 1. The Labute approximate surface area is 143 Å². The van der Waals surface area contributed by atoms with Crippen LogP contribution >= 0.6 is 0 Å². The number of carbonyl (C=O) groups is 1. The van der Waals surface area contributed by atoms with E-state index >= 15 is 0 Å². The summed E-state index contributed by atoms with van der Waals surface area (Å²) < 4.78 is 16.0. The first-order valence-electron chi connectivity index (χ1n) is 8.64. The van der Waals surface area contributed by atoms with E-state index < -0.39 is 0 Å². The molecule has 0 saturated carbocycles. The quantitative estimate of drug-likeness (QED) is 0.590. The van der Waals surface area contributed by atoms with Crippen molar-refractivity contribution in [2.75, 3.05) is 33.9 Å². The Morgan fingerprint density at radius 3 is 2.42 bits per heavy atom. The largest absolute Gasteiger partial charge is 0.493 e. The first-order valence-corrected chi connectivity index (χ1v) is 8.64. The Balaban J connectivity index is 1.66. The molecule has 0 radical (unpaired) electrons. The molecular weight excluding hydrogens is 306 g/mol. The summed E-state index contributed by atoms with van der Waals surface area (Å²) >= 11 is 0. The fourth-order valence-corrected chi connectivity index (χ4v) is 3.34. The molecule has 5 heteroatoms. The van der Waals surface area contributed by atoms with Crippen molar-refractivity contribution < 1.29 is 19.0 Å². The number of rotatable bonds is 6. The van der Waals surface area contributed by atoms with Crippen molar-refractivity contribution in [3.8, 4) is 11.5 Å². The topological polar surface area (TPSA) is 48.0 Å². The maximum Gasteiger partial charge on any atom is 0.344 e. The maximum absolute atomic E-state index is 12.1. The molecule has 1 fully saturated rings. The van der Waals surface area contributed by atoms with E-state index in [1.165, 1.54) is 32.4 Å². The van der Waals surface area contributed by atoms with E-state index in [0.717, 1.165) is 24.9 Å². The summed E-state index contributed by atoms with van der Waals surface area (Å²) in [6, 6.07) is 3.50. The molecule has 24 heavy (non-hydrogen) atoms. The maximum atomic E-state index is 12.1. The van der Waals surface area contributed by atoms with Crippen LogP contribution in [-0.4, -0.2) is 44.7 Å². The third kappa shape index (κ3) is 3.56. The van der Waals surface area contributed by atoms with Crippen molar-refractivity contribution in [3.05, 3.63) is 29.3 Å². The minimum absolute atomic E-state index is 0.326. The number of benzene rings is 1. The van der Waals surface area contributed by atoms with Crippen molar-refractivity contribution >= 4 is 11.7 Å². The third-order valence-corrected chi connectivity index (χ3v) is 4.67. The van der Waals surface area contributed by atoms with Crippen LogP contribution in [0.4, 0.5) is 0 Å². The van der Waals surface area contributed by atoms with Crippen molar-refractivity contribution in [2.24, 2.45) is 0 Å². The summed E-state index contributed by atoms with van der Waals surface area (Å²) in [6.45, 7) is 3.54. The lowest BCUT2D eigenvalue weighted by atomic mass is 10.1. The van der Waals surface area contributed by atoms with Gasteiger partial charge in [0, 0.05) is 5.56 Å². The highest BCUT2D eigenvalue weighted by atomic mass is 16.5. The summed E-state index contributed by atoms with van der Waals surface area (Å²) in [5, 5.41) is 0. The fourth-order valence-electron chi connectivity index (χ4n) is 3.34. The van der Waals surface area contributed by atoms with E-state index in [-0.39, 0.29) is 5.97 Å². The van der Waals surface area contributed by atoms with E-state index in [9.17, 15) is 4.79 Å². The van der Waals surface area contributed by atoms with Crippen LogP contribution in [0, 0.1) is 0 Å². The highest BCUT2D eigenvalue weighted by Gasteiger charge is 2.28. The lowest BCUT2D eigenvalue weighted by Gasteiger charge is -2.26. The molecule has 0 atom stereocenters. The second kappa shape index (κ2) is 7.71. The Morgan fingerprint density at radius 1 is 1.08 bits per heavy atom. The van der Waals surface area contributed by atoms with Gasteiger partial charge in [-0.3, -0.25) is 0 Å². The van der Waals surface area contributed by atoms with Gasteiger partial charge in [0.2, 0.25) is 0 Å². The predicted octanol–water partition coefficient (Wildman–Crippen LogP) is 3.48. The lowest BCUT2D eigenvalue weighted by Crippen LogP contribution is -2.30. The third-order valence-electron chi connectivity index (χ3n) is 4.67. The second-order valence-electron chi connectivity index (χ2n) is 6.26. The van der Waals surface area contributed by atoms with Crippen LogP contribution in [0.15, 0.2) is 18.2 Å². The number of carbonyl (C=O) groups excluding carboxylic acids is 1. The molecule has 1 saturated heterocycles. The molecule has 0 bridgehead atoms. The number of allylic oxidation sites excluding steroid dienone is 1. The van der Waals surface area contributed by atoms with Gasteiger partial charge in [0.1, 0.15) is 5.76 Å². The molecular formula is C19H25NO4. The zero-order valence-corrected chi connectivity index (χ0v) is 14.5. The molecule has 1 aromatic rings. The van der Waals surface area contributed by atoms with Gasteiger partial charge in [-0.1, -0.05) is 6.42 Å². The highest BCUT2D eigenvalue weighted by Crippen LogP contribution is 2.38. The monoisotopic (exact) mass is 331 g/mol. The van der Waals surface area contributed by atoms with Gasteiger partial charge in [-0.25, -0.2) is 4.79 Å². The zero-order valence-electron chi connectivity index (χ0n) is 14.5. The number of ether oxygens (including phenoxy) is 3. The van der Waals surface area contributed by atoms with E-state index in [1.54, 1.807) is 20.3 Å². The van der Waals surface area contributed by atoms with Gasteiger partial charge >= 0.3 is 5.97 Å². The molecule has 0 spiro atoms. The molecule has 0 N–H and O–H groups in total. The highest BCUT2D eigenvalue weighted by molar-refractivity contribution is 6.03. The molecule has 0 amide bonds. The number of fused-ring (bicyclic) bond motifs is 1. The average molecular weight is 331 g/mol. The SMILES string of the molecule is COc1cc2c(cc1OC)/C(=C/CCCN1CCCCC1)OC2=O. The van der Waals surface area contributed by atoms with Crippen molar-refractivity contribution in [3.63, 3.8) is 0 Å². The Bertz CT molecular complexity index is 632. The summed E-state index contributed by atoms with van der Waals surface area (Å²) in [5.41, 5.74) is 1.32. The number of methoxy groups -OCH3 is 2. The molecule has 1 aromatic carbocycles. The minimum Gasteiger partial charge on any atom is -0.493 e. The summed E-state index contributed by atoms with van der Waals surface area (Å²) in [4.78, 5) is 14.6. The minimum atomic E-state index is -0.326. The first-order chi connectivity index (χ1) is 11.7. The fraction of sp³-hybridized carbons (Fsp3) is 0.526. The van der Waals surface area contributed by atoms with E-state index in [1.807, 2.05) is 12.1 Å². The van der Waals surface area contributed by atoms with Gasteiger partial charge in [-0.15, -0.1) is 0 Å². The number of hydrogen-bond donors (Lipinski definition) is 0. The normalized spacial score (nSPS) is 19.2. The van der Waals surface area contributed by atoms with Crippen LogP contribution in [0.3, 0.4) is 0 Å². The number of hydrogen-bond acceptors (Lipinski definition) is 5. The summed E-state index contributed by atoms with van der Waals surface area (Å²) in [7, 11) is 3.14. The Kier molecular flexibility index (Phi) is 5.41. The number of nitrogens with zero attached hydrogens (tertiary/aromatic N) is 1. The molecule has 130 valence electrons. The zero-order chi connectivity index (χ0) is 16.9. The second-order valence-corrected chi connectivity index (χ2v) is 6.26. The van der Waals surface area contributed by atoms with Gasteiger partial charge in [0.05, 0.1) is 19.8 Å². The van der Waals surface area contributed by atoms with Gasteiger partial charge in [0.25, 0.3) is 0 Å². The van der Waals surface area contributed by atoms with Crippen LogP contribution < -0.4 is 9.47 Å². The van der Waals surface area contributed by atoms with Gasteiger partial charge < -0.3 is 19.1 Å². The molecule has 2 aliphatic heterocycles. The number of esters is 1. The van der Waals surface area contributed by atoms with E-state index in [0.29, 0.717) is 22.8 Å². The van der Waals surface area contributed by atoms with Crippen molar-refractivity contribution in [2.45, 2.75) is 32.1 Å². The smallest absolute Gasteiger partial charge is 0.344 e. The molecule has 0 aromatic heterocycles. The predicted molar refractivity (Wildman–Crippen MR) is 92.5 cm³/mol. The van der Waals surface area contributed by atoms with E-state index in [4.69, 9.17) is 14.2 Å². The summed E-state index contributed by atoms with van der Waals surface area (Å²) in [5.74, 6) is 1.45. The van der Waals surface area contributed by atoms with Crippen LogP contribution in [0.1, 0.15) is 48.0 Å². The molecule has 0 unspecified atom stereocenters. The van der Waals surface area contributed by atoms with Gasteiger partial charge in [-0.05, 0) is 63.5 Å². The van der Waals surface area contributed by atoms with Crippen LogP contribution in [0.5, 0.6) is 11.5 Å². The number of likely N-dealkylation sites (tertiary alicyclic amines) is 1. The molecule has 2 heterocycles. The summed E-state index contributed by atoms with van der Waals surface area (Å²) in [6.07, 6.45) is 7.97. The lowest BCUT2D eigenvalue weighted by molar-refractivity contribution is 0.0715. The van der Waals surface area contributed by atoms with Crippen molar-refractivity contribution in [1.82, 2.24) is 4.90 Å². The Morgan fingerprint density at radius 2 is 1.75 bits per heavy atom. The molecule has 0 aliphatic carbocycles. The van der Waals surface area contributed by atoms with Gasteiger partial charge in [0.15, 0.2) is 11.5 Å². The number of cyclic esters (lactones) is 1. The van der Waals surface area contributed by atoms with E-state index in [2.05, 4.69) is 4.90 Å². The van der Waals surface area contributed by atoms with Crippen LogP contribution in [0.2, 0.25) is 0 Å². The first kappa shape index (κ1) is 16.8. The van der Waals surface area contributed by atoms with Crippen LogP contribution in [-0.2, 0) is 4.74 Å². The Hall–Kier alpha value is -2.01. The molecule has 2 aliphatic rings. The molecule has 3 rings (SSSR count). The van der Waals surface area contributed by atoms with Crippen molar-refractivity contribution in [1.29, 1.82) is 0 Å². The standard InChI is InChI=1S/C19H25NO4/c1-22-17-12-14-15(13-18(17)23-2)19(21)24-16(14)8-4-7-11-20-9-5-3-6-10-20/h8,12-13H,3-7,9-11H2,1-2H3/b16-8-.